The van der Waals surface area contributed by atoms with Crippen LogP contribution in [-0.4, -0.2) is 52.0 Å². The standard InChI is InChI=1S/C26H28N2O5S/c1-19-8-10-21(11-9-19)25(20-6-4-3-5-7-20)27-26(29)23-18-22(12-13-24(23)32-2)34(30,31)28-14-16-33-17-15-28/h3-13,18,25H,14-17H2,1-2H3,(H,27,29)/t25-/m1/s1. The summed E-state index contributed by atoms with van der Waals surface area (Å²) in [4.78, 5) is 13.5. The van der Waals surface area contributed by atoms with E-state index in [1.807, 2.05) is 61.5 Å². The second-order valence-corrected chi connectivity index (χ2v) is 10.0. The summed E-state index contributed by atoms with van der Waals surface area (Å²) in [6, 6.07) is 21.5. The Labute approximate surface area is 200 Å². The molecule has 34 heavy (non-hydrogen) atoms. The third-order valence-corrected chi connectivity index (χ3v) is 7.74. The van der Waals surface area contributed by atoms with Gasteiger partial charge in [0.1, 0.15) is 5.75 Å². The van der Waals surface area contributed by atoms with Gasteiger partial charge in [-0.05, 0) is 36.2 Å². The van der Waals surface area contributed by atoms with E-state index in [4.69, 9.17) is 9.47 Å². The van der Waals surface area contributed by atoms with Gasteiger partial charge in [0.05, 0.1) is 36.8 Å². The van der Waals surface area contributed by atoms with E-state index in [9.17, 15) is 13.2 Å². The first kappa shape index (κ1) is 23.9. The first-order valence-electron chi connectivity index (χ1n) is 11.1. The Bertz CT molecular complexity index is 1240. The van der Waals surface area contributed by atoms with E-state index < -0.39 is 22.0 Å². The molecule has 8 heteroatoms. The van der Waals surface area contributed by atoms with Crippen LogP contribution in [0.15, 0.2) is 77.7 Å². The van der Waals surface area contributed by atoms with Gasteiger partial charge in [0.2, 0.25) is 10.0 Å². The van der Waals surface area contributed by atoms with Crippen molar-refractivity contribution in [3.63, 3.8) is 0 Å². The zero-order valence-electron chi connectivity index (χ0n) is 19.2. The van der Waals surface area contributed by atoms with Gasteiger partial charge >= 0.3 is 0 Å². The lowest BCUT2D eigenvalue weighted by molar-refractivity contribution is 0.0730. The maximum Gasteiger partial charge on any atom is 0.255 e. The number of nitrogens with zero attached hydrogens (tertiary/aromatic N) is 1. The molecule has 3 aromatic rings. The largest absolute Gasteiger partial charge is 0.496 e. The average Bonchev–Trinajstić information content (AvgIpc) is 2.88. The number of morpholine rings is 1. The molecule has 1 aliphatic heterocycles. The first-order chi connectivity index (χ1) is 16.4. The number of sulfonamides is 1. The maximum absolute atomic E-state index is 13.5. The van der Waals surface area contributed by atoms with Crippen LogP contribution in [0.2, 0.25) is 0 Å². The molecule has 0 radical (unpaired) electrons. The van der Waals surface area contributed by atoms with Crippen LogP contribution in [0.25, 0.3) is 0 Å². The van der Waals surface area contributed by atoms with Crippen molar-refractivity contribution in [1.29, 1.82) is 0 Å². The molecule has 3 aromatic carbocycles. The highest BCUT2D eigenvalue weighted by atomic mass is 32.2. The molecule has 0 unspecified atom stereocenters. The highest BCUT2D eigenvalue weighted by Crippen LogP contribution is 2.28. The topological polar surface area (TPSA) is 84.9 Å². The zero-order valence-corrected chi connectivity index (χ0v) is 20.0. The maximum atomic E-state index is 13.5. The van der Waals surface area contributed by atoms with Crippen LogP contribution in [0.4, 0.5) is 0 Å². The summed E-state index contributed by atoms with van der Waals surface area (Å²) in [6.07, 6.45) is 0. The molecule has 1 aliphatic rings. The van der Waals surface area contributed by atoms with Gasteiger partial charge in [0, 0.05) is 13.1 Å². The van der Waals surface area contributed by atoms with Crippen molar-refractivity contribution in [2.75, 3.05) is 33.4 Å². The van der Waals surface area contributed by atoms with Crippen molar-refractivity contribution >= 4 is 15.9 Å². The van der Waals surface area contributed by atoms with Crippen LogP contribution < -0.4 is 10.1 Å². The van der Waals surface area contributed by atoms with Gasteiger partial charge in [-0.15, -0.1) is 0 Å². The summed E-state index contributed by atoms with van der Waals surface area (Å²) in [5.41, 5.74) is 3.10. The number of rotatable bonds is 7. The Balaban J connectivity index is 1.69. The molecule has 0 aromatic heterocycles. The molecule has 178 valence electrons. The molecular weight excluding hydrogens is 452 g/mol. The number of carbonyl (C=O) groups is 1. The monoisotopic (exact) mass is 480 g/mol. The second kappa shape index (κ2) is 10.4. The summed E-state index contributed by atoms with van der Waals surface area (Å²) in [6.45, 7) is 3.25. The minimum Gasteiger partial charge on any atom is -0.496 e. The normalized spacial score (nSPS) is 15.5. The third-order valence-electron chi connectivity index (χ3n) is 5.84. The van der Waals surface area contributed by atoms with E-state index in [1.165, 1.54) is 29.6 Å². The van der Waals surface area contributed by atoms with Gasteiger partial charge in [0.25, 0.3) is 5.91 Å². The number of carbonyl (C=O) groups excluding carboxylic acids is 1. The molecule has 1 heterocycles. The number of ether oxygens (including phenoxy) is 2. The molecule has 0 spiro atoms. The molecule has 7 nitrogen and oxygen atoms in total. The molecule has 1 N–H and O–H groups in total. The van der Waals surface area contributed by atoms with Crippen molar-refractivity contribution in [1.82, 2.24) is 9.62 Å². The molecule has 0 bridgehead atoms. The summed E-state index contributed by atoms with van der Waals surface area (Å²) < 4.78 is 38.4. The Morgan fingerprint density at radius 1 is 0.971 bits per heavy atom. The molecular formula is C26H28N2O5S. The number of aryl methyl sites for hydroxylation is 1. The Hall–Kier alpha value is -3.20. The molecule has 0 aliphatic carbocycles. The fourth-order valence-electron chi connectivity index (χ4n) is 3.93. The number of benzene rings is 3. The van der Waals surface area contributed by atoms with Crippen molar-refractivity contribution in [2.45, 2.75) is 17.9 Å². The highest BCUT2D eigenvalue weighted by Gasteiger charge is 2.28. The predicted octanol–water partition coefficient (Wildman–Crippen LogP) is 3.54. The smallest absolute Gasteiger partial charge is 0.255 e. The first-order valence-corrected chi connectivity index (χ1v) is 12.5. The van der Waals surface area contributed by atoms with Crippen LogP contribution in [0.5, 0.6) is 5.75 Å². The highest BCUT2D eigenvalue weighted by molar-refractivity contribution is 7.89. The number of hydrogen-bond donors (Lipinski definition) is 1. The second-order valence-electron chi connectivity index (χ2n) is 8.11. The zero-order chi connectivity index (χ0) is 24.1. The Morgan fingerprint density at radius 3 is 2.26 bits per heavy atom. The lowest BCUT2D eigenvalue weighted by Crippen LogP contribution is -2.40. The van der Waals surface area contributed by atoms with E-state index in [0.29, 0.717) is 19.0 Å². The van der Waals surface area contributed by atoms with E-state index >= 15 is 0 Å². The van der Waals surface area contributed by atoms with Crippen molar-refractivity contribution < 1.29 is 22.7 Å². The van der Waals surface area contributed by atoms with Gasteiger partial charge in [0.15, 0.2) is 0 Å². The Kier molecular flexibility index (Phi) is 7.31. The van der Waals surface area contributed by atoms with Crippen molar-refractivity contribution in [3.8, 4) is 5.75 Å². The number of amides is 1. The number of methoxy groups -OCH3 is 1. The average molecular weight is 481 g/mol. The fraction of sp³-hybridized carbons (Fsp3) is 0.269. The fourth-order valence-corrected chi connectivity index (χ4v) is 5.37. The van der Waals surface area contributed by atoms with Crippen LogP contribution in [0.3, 0.4) is 0 Å². The van der Waals surface area contributed by atoms with Gasteiger partial charge < -0.3 is 14.8 Å². The molecule has 1 amide bonds. The lowest BCUT2D eigenvalue weighted by Gasteiger charge is -2.26. The van der Waals surface area contributed by atoms with Crippen LogP contribution >= 0.6 is 0 Å². The quantitative estimate of drug-likeness (QED) is 0.559. The van der Waals surface area contributed by atoms with Crippen LogP contribution in [0, 0.1) is 6.92 Å². The van der Waals surface area contributed by atoms with Crippen LogP contribution in [-0.2, 0) is 14.8 Å². The minimum absolute atomic E-state index is 0.0481. The summed E-state index contributed by atoms with van der Waals surface area (Å²) in [5, 5.41) is 3.07. The molecule has 1 saturated heterocycles. The van der Waals surface area contributed by atoms with Gasteiger partial charge in [-0.25, -0.2) is 8.42 Å². The van der Waals surface area contributed by atoms with E-state index in [-0.39, 0.29) is 23.5 Å². The third kappa shape index (κ3) is 5.14. The van der Waals surface area contributed by atoms with Gasteiger partial charge in [-0.3, -0.25) is 4.79 Å². The van der Waals surface area contributed by atoms with E-state index in [1.54, 1.807) is 0 Å². The number of nitrogens with one attached hydrogen (secondary N) is 1. The number of hydrogen-bond acceptors (Lipinski definition) is 5. The van der Waals surface area contributed by atoms with Crippen molar-refractivity contribution in [3.05, 3.63) is 95.1 Å². The molecule has 1 atom stereocenters. The SMILES string of the molecule is COc1ccc(S(=O)(=O)N2CCOCC2)cc1C(=O)N[C@H](c1ccccc1)c1ccc(C)cc1. The van der Waals surface area contributed by atoms with Gasteiger partial charge in [-0.1, -0.05) is 60.2 Å². The minimum atomic E-state index is -3.76. The lowest BCUT2D eigenvalue weighted by atomic mass is 9.97. The van der Waals surface area contributed by atoms with Crippen LogP contribution in [0.1, 0.15) is 33.1 Å². The summed E-state index contributed by atoms with van der Waals surface area (Å²) in [7, 11) is -2.31. The molecule has 1 fully saturated rings. The van der Waals surface area contributed by atoms with E-state index in [0.717, 1.165) is 16.7 Å². The van der Waals surface area contributed by atoms with Gasteiger partial charge in [-0.2, -0.15) is 4.31 Å². The summed E-state index contributed by atoms with van der Waals surface area (Å²) >= 11 is 0. The summed E-state index contributed by atoms with van der Waals surface area (Å²) in [5.74, 6) is -0.126. The molecule has 4 rings (SSSR count). The predicted molar refractivity (Wildman–Crippen MR) is 130 cm³/mol. The molecule has 0 saturated carbocycles. The van der Waals surface area contributed by atoms with E-state index in [2.05, 4.69) is 5.32 Å². The van der Waals surface area contributed by atoms with Crippen molar-refractivity contribution in [2.24, 2.45) is 0 Å². The Morgan fingerprint density at radius 2 is 1.62 bits per heavy atom.